The lowest BCUT2D eigenvalue weighted by Crippen LogP contribution is -2.34. The third-order valence-electron chi connectivity index (χ3n) is 4.14. The van der Waals surface area contributed by atoms with E-state index in [0.29, 0.717) is 12.1 Å². The van der Waals surface area contributed by atoms with Crippen LogP contribution in [0.4, 0.5) is 0 Å². The number of hydrogen-bond acceptors (Lipinski definition) is 6. The fourth-order valence-corrected chi connectivity index (χ4v) is 4.64. The third kappa shape index (κ3) is 2.57. The number of allylic oxidation sites excluding steroid dienone is 1. The summed E-state index contributed by atoms with van der Waals surface area (Å²) in [5, 5.41) is 17.1. The van der Waals surface area contributed by atoms with Crippen LogP contribution in [0.3, 0.4) is 0 Å². The van der Waals surface area contributed by atoms with Gasteiger partial charge in [-0.2, -0.15) is 5.26 Å². The zero-order valence-corrected chi connectivity index (χ0v) is 14.4. The Kier molecular flexibility index (Phi) is 3.98. The molecule has 0 saturated carbocycles. The molecule has 0 fully saturated rings. The number of ether oxygens (including phenoxy) is 1. The van der Waals surface area contributed by atoms with E-state index in [2.05, 4.69) is 28.9 Å². The Bertz CT molecular complexity index is 883. The molecule has 0 aliphatic carbocycles. The average Bonchev–Trinajstić information content (AvgIpc) is 3.28. The zero-order valence-electron chi connectivity index (χ0n) is 12.8. The van der Waals surface area contributed by atoms with Gasteiger partial charge in [0.25, 0.3) is 0 Å². The molecule has 6 heteroatoms. The van der Waals surface area contributed by atoms with E-state index in [-0.39, 0.29) is 11.8 Å². The van der Waals surface area contributed by atoms with E-state index >= 15 is 0 Å². The van der Waals surface area contributed by atoms with E-state index in [9.17, 15) is 5.26 Å². The van der Waals surface area contributed by atoms with Crippen LogP contribution in [-0.4, -0.2) is 13.1 Å². The van der Waals surface area contributed by atoms with E-state index in [4.69, 9.17) is 10.5 Å². The molecule has 0 spiro atoms. The number of nitrogens with two attached hydrogens (primary N) is 1. The summed E-state index contributed by atoms with van der Waals surface area (Å²) in [6.45, 7) is 1.42. The van der Waals surface area contributed by atoms with Crippen molar-refractivity contribution in [1.29, 1.82) is 5.26 Å². The van der Waals surface area contributed by atoms with Crippen molar-refractivity contribution in [2.24, 2.45) is 5.73 Å². The highest BCUT2D eigenvalue weighted by molar-refractivity contribution is 7.10. The number of nitriles is 1. The lowest BCUT2D eigenvalue weighted by molar-refractivity contribution is 0.279. The van der Waals surface area contributed by atoms with Crippen LogP contribution in [0.15, 0.2) is 63.4 Å². The second-order valence-corrected chi connectivity index (χ2v) is 7.54. The summed E-state index contributed by atoms with van der Waals surface area (Å²) < 4.78 is 5.90. The van der Waals surface area contributed by atoms with E-state index in [0.717, 1.165) is 28.3 Å². The smallest absolute Gasteiger partial charge is 0.205 e. The lowest BCUT2D eigenvalue weighted by atomic mass is 9.84. The van der Waals surface area contributed by atoms with Gasteiger partial charge in [-0.1, -0.05) is 12.1 Å². The molecule has 0 unspecified atom stereocenters. The molecule has 4 nitrogen and oxygen atoms in total. The van der Waals surface area contributed by atoms with E-state index in [1.165, 1.54) is 4.88 Å². The minimum atomic E-state index is -0.127. The molecule has 2 aliphatic rings. The van der Waals surface area contributed by atoms with Gasteiger partial charge in [-0.05, 0) is 29.0 Å². The number of nitrogens with one attached hydrogen (secondary N) is 1. The summed E-state index contributed by atoms with van der Waals surface area (Å²) in [6.07, 6.45) is 2.13. The molecule has 1 atom stereocenters. The van der Waals surface area contributed by atoms with Crippen molar-refractivity contribution in [2.75, 3.05) is 13.1 Å². The van der Waals surface area contributed by atoms with E-state index in [1.54, 1.807) is 22.7 Å². The van der Waals surface area contributed by atoms with Gasteiger partial charge in [-0.25, -0.2) is 0 Å². The average molecular weight is 353 g/mol. The predicted molar refractivity (Wildman–Crippen MR) is 97.2 cm³/mol. The van der Waals surface area contributed by atoms with Crippen LogP contribution in [0.5, 0.6) is 0 Å². The first-order valence-corrected chi connectivity index (χ1v) is 9.33. The quantitative estimate of drug-likeness (QED) is 0.866. The van der Waals surface area contributed by atoms with Crippen LogP contribution in [0.1, 0.15) is 15.7 Å². The Balaban J connectivity index is 1.84. The van der Waals surface area contributed by atoms with Gasteiger partial charge in [-0.3, -0.25) is 0 Å². The first-order chi connectivity index (χ1) is 11.8. The second kappa shape index (κ2) is 6.29. The summed E-state index contributed by atoms with van der Waals surface area (Å²) in [6, 6.07) is 10.4. The van der Waals surface area contributed by atoms with Gasteiger partial charge in [0, 0.05) is 34.0 Å². The maximum atomic E-state index is 9.58. The van der Waals surface area contributed by atoms with Crippen molar-refractivity contribution in [1.82, 2.24) is 5.32 Å². The van der Waals surface area contributed by atoms with Crippen molar-refractivity contribution in [3.8, 4) is 6.07 Å². The largest absolute Gasteiger partial charge is 0.440 e. The molecule has 2 aliphatic heterocycles. The van der Waals surface area contributed by atoms with Gasteiger partial charge in [0.05, 0.1) is 5.92 Å². The van der Waals surface area contributed by atoms with Gasteiger partial charge in [-0.15, -0.1) is 22.7 Å². The molecular formula is C18H15N3OS2. The van der Waals surface area contributed by atoms with Crippen LogP contribution in [-0.2, 0) is 4.74 Å². The van der Waals surface area contributed by atoms with Crippen LogP contribution >= 0.6 is 22.7 Å². The molecule has 0 amide bonds. The fraction of sp³-hybridized carbons (Fsp3) is 0.167. The molecule has 0 bridgehead atoms. The molecule has 4 rings (SSSR count). The first kappa shape index (κ1) is 15.2. The standard InChI is InChI=1S/C18H15N3OS2/c19-8-13-16(15-4-2-6-24-15)14-10-21-9-11(17(14)22-18(13)20)7-12-3-1-5-23-12/h1-7,16,21H,9-10,20H2/b11-7-/t16-/m0/s1. The van der Waals surface area contributed by atoms with Gasteiger partial charge in [0.2, 0.25) is 5.88 Å². The van der Waals surface area contributed by atoms with Crippen LogP contribution in [0, 0.1) is 11.3 Å². The Morgan fingerprint density at radius 2 is 2.08 bits per heavy atom. The van der Waals surface area contributed by atoms with Crippen molar-refractivity contribution in [3.63, 3.8) is 0 Å². The molecule has 24 heavy (non-hydrogen) atoms. The molecule has 0 aromatic carbocycles. The summed E-state index contributed by atoms with van der Waals surface area (Å²) >= 11 is 3.32. The van der Waals surface area contributed by atoms with Crippen LogP contribution in [0.25, 0.3) is 6.08 Å². The molecule has 120 valence electrons. The van der Waals surface area contributed by atoms with Gasteiger partial charge in [0.15, 0.2) is 0 Å². The summed E-state index contributed by atoms with van der Waals surface area (Å²) in [5.41, 5.74) is 8.74. The van der Waals surface area contributed by atoms with Crippen molar-refractivity contribution >= 4 is 28.7 Å². The normalized spacial score (nSPS) is 22.3. The highest BCUT2D eigenvalue weighted by Crippen LogP contribution is 2.43. The van der Waals surface area contributed by atoms with E-state index in [1.807, 2.05) is 23.6 Å². The maximum Gasteiger partial charge on any atom is 0.205 e. The molecule has 0 saturated heterocycles. The molecule has 2 aromatic rings. The van der Waals surface area contributed by atoms with Crippen LogP contribution in [0.2, 0.25) is 0 Å². The highest BCUT2D eigenvalue weighted by Gasteiger charge is 2.36. The second-order valence-electron chi connectivity index (χ2n) is 5.58. The maximum absolute atomic E-state index is 9.58. The third-order valence-corrected chi connectivity index (χ3v) is 5.89. The minimum absolute atomic E-state index is 0.127. The monoisotopic (exact) mass is 353 g/mol. The molecular weight excluding hydrogens is 338 g/mol. The SMILES string of the molecule is N#CC1=C(N)OC2=C(CNC/C2=C/c2cccs2)[C@H]1c1cccs1. The summed E-state index contributed by atoms with van der Waals surface area (Å²) in [4.78, 5) is 2.29. The summed E-state index contributed by atoms with van der Waals surface area (Å²) in [5.74, 6) is 0.906. The van der Waals surface area contributed by atoms with Gasteiger partial charge >= 0.3 is 0 Å². The van der Waals surface area contributed by atoms with Crippen LogP contribution < -0.4 is 11.1 Å². The first-order valence-electron chi connectivity index (χ1n) is 7.57. The Morgan fingerprint density at radius 1 is 1.25 bits per heavy atom. The van der Waals surface area contributed by atoms with Crippen molar-refractivity contribution in [3.05, 3.63) is 73.1 Å². The van der Waals surface area contributed by atoms with E-state index < -0.39 is 0 Å². The highest BCUT2D eigenvalue weighted by atomic mass is 32.1. The molecule has 3 N–H and O–H groups in total. The summed E-state index contributed by atoms with van der Waals surface area (Å²) in [7, 11) is 0. The number of thiophene rings is 2. The minimum Gasteiger partial charge on any atom is -0.440 e. The number of nitrogens with zero attached hydrogens (tertiary/aromatic N) is 1. The van der Waals surface area contributed by atoms with Crippen molar-refractivity contribution in [2.45, 2.75) is 5.92 Å². The van der Waals surface area contributed by atoms with Gasteiger partial charge < -0.3 is 15.8 Å². The molecule has 4 heterocycles. The Morgan fingerprint density at radius 3 is 2.79 bits per heavy atom. The van der Waals surface area contributed by atoms with Gasteiger partial charge in [0.1, 0.15) is 17.4 Å². The fourth-order valence-electron chi connectivity index (χ4n) is 3.10. The van der Waals surface area contributed by atoms with Crippen molar-refractivity contribution < 1.29 is 4.74 Å². The number of rotatable bonds is 2. The number of hydrogen-bond donors (Lipinski definition) is 2. The topological polar surface area (TPSA) is 71.1 Å². The Labute approximate surface area is 148 Å². The zero-order chi connectivity index (χ0) is 16.5. The molecule has 2 aromatic heterocycles. The predicted octanol–water partition coefficient (Wildman–Crippen LogP) is 3.56. The Hall–Kier alpha value is -2.33. The lowest BCUT2D eigenvalue weighted by Gasteiger charge is -2.32. The molecule has 0 radical (unpaired) electrons.